The highest BCUT2D eigenvalue weighted by Crippen LogP contribution is 2.45. The number of fused-ring (bicyclic) bond motifs is 1. The summed E-state index contributed by atoms with van der Waals surface area (Å²) in [7, 11) is 4.24. The predicted molar refractivity (Wildman–Crippen MR) is 108 cm³/mol. The van der Waals surface area contributed by atoms with Crippen LogP contribution < -0.4 is 25.5 Å². The van der Waals surface area contributed by atoms with E-state index in [1.165, 1.54) is 33.5 Å². The van der Waals surface area contributed by atoms with E-state index in [0.717, 1.165) is 4.57 Å². The molecule has 0 aliphatic carbocycles. The predicted octanol–water partition coefficient (Wildman–Crippen LogP) is 1.52. The van der Waals surface area contributed by atoms with Gasteiger partial charge in [-0.05, 0) is 18.2 Å². The maximum Gasteiger partial charge on any atom is 0.343 e. The Morgan fingerprint density at radius 2 is 1.81 bits per heavy atom. The van der Waals surface area contributed by atoms with Gasteiger partial charge in [0.2, 0.25) is 5.88 Å². The number of ether oxygens (including phenoxy) is 4. The molecule has 0 saturated carbocycles. The monoisotopic (exact) mass is 426 g/mol. The lowest BCUT2D eigenvalue weighted by Crippen LogP contribution is -2.32. The average molecular weight is 426 g/mol. The van der Waals surface area contributed by atoms with Crippen molar-refractivity contribution in [3.8, 4) is 28.8 Å². The van der Waals surface area contributed by atoms with E-state index >= 15 is 0 Å². The summed E-state index contributed by atoms with van der Waals surface area (Å²) in [6.07, 6.45) is -1.26. The summed E-state index contributed by atoms with van der Waals surface area (Å²) < 4.78 is 21.9. The zero-order valence-corrected chi connectivity index (χ0v) is 16.8. The number of aromatic nitrogens is 2. The summed E-state index contributed by atoms with van der Waals surface area (Å²) in [5.41, 5.74) is -1.44. The highest BCUT2D eigenvalue weighted by molar-refractivity contribution is 5.98. The molecule has 0 unspecified atom stereocenters. The maximum atomic E-state index is 12.6. The molecule has 10 heteroatoms. The molecule has 4 rings (SSSR count). The second-order valence-electron chi connectivity index (χ2n) is 6.58. The lowest BCUT2D eigenvalue weighted by atomic mass is 9.99. The van der Waals surface area contributed by atoms with Gasteiger partial charge in [0.05, 0.1) is 27.0 Å². The molecule has 0 spiro atoms. The minimum Gasteiger partial charge on any atom is -0.497 e. The first-order chi connectivity index (χ1) is 14.9. The molecule has 1 aliphatic rings. The summed E-state index contributed by atoms with van der Waals surface area (Å²) in [6.45, 7) is 0. The van der Waals surface area contributed by atoms with Crippen molar-refractivity contribution in [1.29, 1.82) is 0 Å². The summed E-state index contributed by atoms with van der Waals surface area (Å²) in [5, 5.41) is 10.9. The molecule has 3 aromatic rings. The molecule has 0 saturated heterocycles. The molecule has 2 aromatic carbocycles. The third kappa shape index (κ3) is 3.08. The Balaban J connectivity index is 1.95. The van der Waals surface area contributed by atoms with Gasteiger partial charge in [-0.15, -0.1) is 0 Å². The van der Waals surface area contributed by atoms with Crippen LogP contribution >= 0.6 is 0 Å². The van der Waals surface area contributed by atoms with E-state index in [4.69, 9.17) is 18.9 Å². The first-order valence-corrected chi connectivity index (χ1v) is 9.09. The quantitative estimate of drug-likeness (QED) is 0.588. The van der Waals surface area contributed by atoms with E-state index in [1.807, 2.05) is 0 Å². The molecular weight excluding hydrogens is 408 g/mol. The Bertz CT molecular complexity index is 1310. The van der Waals surface area contributed by atoms with Gasteiger partial charge in [0.25, 0.3) is 5.56 Å². The average Bonchev–Trinajstić information content (AvgIpc) is 3.09. The largest absolute Gasteiger partial charge is 0.497 e. The lowest BCUT2D eigenvalue weighted by Gasteiger charge is -2.16. The second kappa shape index (κ2) is 7.56. The van der Waals surface area contributed by atoms with Gasteiger partial charge < -0.3 is 24.1 Å². The highest BCUT2D eigenvalue weighted by atomic mass is 16.6. The molecule has 0 fully saturated rings. The minimum atomic E-state index is -1.26. The molecule has 10 nitrogen and oxygen atoms in total. The van der Waals surface area contributed by atoms with Gasteiger partial charge >= 0.3 is 11.7 Å². The maximum absolute atomic E-state index is 12.6. The fraction of sp³-hybridized carbons (Fsp3) is 0.190. The number of hydrogen-bond donors (Lipinski definition) is 2. The van der Waals surface area contributed by atoms with Crippen LogP contribution in [0.3, 0.4) is 0 Å². The summed E-state index contributed by atoms with van der Waals surface area (Å²) in [6, 6.07) is 9.42. The number of aromatic hydroxyl groups is 1. The molecule has 1 aromatic heterocycles. The number of nitrogens with zero attached hydrogens (tertiary/aromatic N) is 1. The van der Waals surface area contributed by atoms with Crippen LogP contribution in [0.15, 0.2) is 46.0 Å². The number of nitrogens with one attached hydrogen (secondary N) is 1. The third-order valence-corrected chi connectivity index (χ3v) is 4.98. The molecule has 1 aliphatic heterocycles. The van der Waals surface area contributed by atoms with Crippen molar-refractivity contribution in [3.05, 3.63) is 73.9 Å². The number of carbonyl (C=O) groups excluding carboxylic acids is 1. The van der Waals surface area contributed by atoms with Gasteiger partial charge in [-0.1, -0.05) is 12.1 Å². The van der Waals surface area contributed by atoms with Crippen LogP contribution in [-0.4, -0.2) is 42.0 Å². The number of rotatable bonds is 5. The van der Waals surface area contributed by atoms with Crippen molar-refractivity contribution in [3.63, 3.8) is 0 Å². The molecule has 1 atom stereocenters. The molecule has 2 heterocycles. The van der Waals surface area contributed by atoms with Crippen LogP contribution in [0, 0.1) is 0 Å². The van der Waals surface area contributed by atoms with Crippen molar-refractivity contribution < 1.29 is 28.8 Å². The van der Waals surface area contributed by atoms with E-state index in [2.05, 4.69) is 4.98 Å². The number of cyclic esters (lactones) is 1. The lowest BCUT2D eigenvalue weighted by molar-refractivity contribution is 0.0447. The van der Waals surface area contributed by atoms with Gasteiger partial charge in [0, 0.05) is 11.6 Å². The smallest absolute Gasteiger partial charge is 0.343 e. The van der Waals surface area contributed by atoms with Crippen LogP contribution in [0.2, 0.25) is 0 Å². The molecule has 0 amide bonds. The standard InChI is InChI=1S/C21H18N2O8/c1-28-11-6-4-5-10(9-11)23-19(25)15(18(24)22-21(23)27)16-12-7-8-13(29-2)17(30-3)14(12)20(26)31-16/h4-9,16,25H,1-3H3,(H,22,24,27)/t16-/m1/s1. The van der Waals surface area contributed by atoms with E-state index in [9.17, 15) is 19.5 Å². The third-order valence-electron chi connectivity index (χ3n) is 4.98. The van der Waals surface area contributed by atoms with Crippen molar-refractivity contribution in [2.45, 2.75) is 6.10 Å². The van der Waals surface area contributed by atoms with Crippen LogP contribution in [0.1, 0.15) is 27.6 Å². The van der Waals surface area contributed by atoms with Crippen molar-refractivity contribution in [2.75, 3.05) is 21.3 Å². The molecule has 31 heavy (non-hydrogen) atoms. The van der Waals surface area contributed by atoms with Crippen LogP contribution in [-0.2, 0) is 4.74 Å². The Kier molecular flexibility index (Phi) is 4.90. The van der Waals surface area contributed by atoms with E-state index in [0.29, 0.717) is 17.1 Å². The molecule has 2 N–H and O–H groups in total. The number of methoxy groups -OCH3 is 3. The Morgan fingerprint density at radius 1 is 1.03 bits per heavy atom. The Hall–Kier alpha value is -4.21. The molecule has 0 radical (unpaired) electrons. The number of benzene rings is 2. The zero-order chi connectivity index (χ0) is 22.3. The van der Waals surface area contributed by atoms with Crippen molar-refractivity contribution >= 4 is 5.97 Å². The number of H-pyrrole nitrogens is 1. The van der Waals surface area contributed by atoms with E-state index in [-0.39, 0.29) is 22.6 Å². The molecule has 160 valence electrons. The zero-order valence-electron chi connectivity index (χ0n) is 16.8. The van der Waals surface area contributed by atoms with Gasteiger partial charge in [0.1, 0.15) is 16.9 Å². The number of hydrogen-bond acceptors (Lipinski definition) is 8. The van der Waals surface area contributed by atoms with Crippen LogP contribution in [0.4, 0.5) is 0 Å². The van der Waals surface area contributed by atoms with Gasteiger partial charge in [-0.3, -0.25) is 9.78 Å². The van der Waals surface area contributed by atoms with Crippen molar-refractivity contribution in [1.82, 2.24) is 9.55 Å². The summed E-state index contributed by atoms with van der Waals surface area (Å²) in [4.78, 5) is 39.9. The topological polar surface area (TPSA) is 129 Å². The van der Waals surface area contributed by atoms with Gasteiger partial charge in [-0.2, -0.15) is 0 Å². The Labute approximate surface area is 175 Å². The van der Waals surface area contributed by atoms with Crippen LogP contribution in [0.5, 0.6) is 23.1 Å². The molecular formula is C21H18N2O8. The normalized spacial score (nSPS) is 14.7. The van der Waals surface area contributed by atoms with E-state index in [1.54, 1.807) is 24.3 Å². The summed E-state index contributed by atoms with van der Waals surface area (Å²) in [5.74, 6) is -0.537. The molecule has 0 bridgehead atoms. The van der Waals surface area contributed by atoms with Gasteiger partial charge in [-0.25, -0.2) is 14.2 Å². The summed E-state index contributed by atoms with van der Waals surface area (Å²) >= 11 is 0. The Morgan fingerprint density at radius 3 is 2.48 bits per heavy atom. The minimum absolute atomic E-state index is 0.0739. The second-order valence-corrected chi connectivity index (χ2v) is 6.58. The first-order valence-electron chi connectivity index (χ1n) is 9.09. The fourth-order valence-corrected chi connectivity index (χ4v) is 3.58. The van der Waals surface area contributed by atoms with Crippen LogP contribution in [0.25, 0.3) is 5.69 Å². The SMILES string of the molecule is COc1cccc(-n2c(O)c([C@@H]3OC(=O)c4c3ccc(OC)c4OC)c(=O)[nH]c2=O)c1. The highest BCUT2D eigenvalue weighted by Gasteiger charge is 2.40. The van der Waals surface area contributed by atoms with E-state index < -0.39 is 29.2 Å². The van der Waals surface area contributed by atoms with Crippen molar-refractivity contribution in [2.24, 2.45) is 0 Å². The number of carbonyl (C=O) groups is 1. The number of esters is 1. The van der Waals surface area contributed by atoms with Gasteiger partial charge in [0.15, 0.2) is 17.6 Å². The first kappa shape index (κ1) is 20.1. The fourth-order valence-electron chi connectivity index (χ4n) is 3.58. The number of aromatic amines is 1.